The van der Waals surface area contributed by atoms with Gasteiger partial charge in [-0.2, -0.15) is 0 Å². The monoisotopic (exact) mass is 441 g/mol. The van der Waals surface area contributed by atoms with Crippen molar-refractivity contribution >= 4 is 56.2 Å². The molecule has 1 N–H and O–H groups in total. The molecule has 4 aromatic rings. The van der Waals surface area contributed by atoms with Crippen LogP contribution in [0.4, 0.5) is 5.13 Å². The van der Waals surface area contributed by atoms with Gasteiger partial charge < -0.3 is 4.57 Å². The molecule has 0 spiro atoms. The molecule has 0 aliphatic carbocycles. The lowest BCUT2D eigenvalue weighted by Gasteiger charge is -2.12. The van der Waals surface area contributed by atoms with Crippen molar-refractivity contribution in [2.45, 2.75) is 57.0 Å². The van der Waals surface area contributed by atoms with Crippen molar-refractivity contribution in [3.8, 4) is 0 Å². The quantitative estimate of drug-likeness (QED) is 0.407. The standard InChI is InChI=1S/C20H23N7OS2/c1-4-9-15-23-25-20(30-15)22-18(28)14(5-2)29-19-21-17-16(24-26-19)12-10-7-8-11-13(12)27(17)6-3/h7-8,10-11,14H,4-6,9H2,1-3H3,(H,22,25,28)/t14-/m1/s1. The third-order valence-electron chi connectivity index (χ3n) is 4.74. The number of benzene rings is 1. The van der Waals surface area contributed by atoms with E-state index in [9.17, 15) is 4.79 Å². The molecule has 0 fully saturated rings. The van der Waals surface area contributed by atoms with E-state index >= 15 is 0 Å². The lowest BCUT2D eigenvalue weighted by molar-refractivity contribution is -0.115. The number of nitrogens with one attached hydrogen (secondary N) is 1. The van der Waals surface area contributed by atoms with E-state index in [1.54, 1.807) is 0 Å². The second-order valence-electron chi connectivity index (χ2n) is 6.78. The van der Waals surface area contributed by atoms with Gasteiger partial charge in [-0.25, -0.2) is 4.98 Å². The number of hydrogen-bond donors (Lipinski definition) is 1. The van der Waals surface area contributed by atoms with Gasteiger partial charge in [-0.15, -0.1) is 20.4 Å². The molecule has 1 aromatic carbocycles. The number of rotatable bonds is 8. The van der Waals surface area contributed by atoms with Gasteiger partial charge in [0.05, 0.1) is 10.8 Å². The SMILES string of the molecule is CCCc1nnc(NC(=O)[C@@H](CC)Sc2nnc3c4ccccc4n(CC)c3n2)s1. The summed E-state index contributed by atoms with van der Waals surface area (Å²) >= 11 is 2.74. The van der Waals surface area contributed by atoms with Crippen LogP contribution in [0.15, 0.2) is 29.4 Å². The van der Waals surface area contributed by atoms with E-state index in [1.807, 2.05) is 25.1 Å². The number of carbonyl (C=O) groups is 1. The van der Waals surface area contributed by atoms with Crippen molar-refractivity contribution in [3.05, 3.63) is 29.3 Å². The first-order valence-corrected chi connectivity index (χ1v) is 11.8. The van der Waals surface area contributed by atoms with Gasteiger partial charge in [0.25, 0.3) is 0 Å². The Morgan fingerprint density at radius 1 is 1.17 bits per heavy atom. The summed E-state index contributed by atoms with van der Waals surface area (Å²) < 4.78 is 2.13. The molecule has 156 valence electrons. The Labute approximate surface area is 182 Å². The number of carbonyl (C=O) groups excluding carboxylic acids is 1. The first-order chi connectivity index (χ1) is 14.6. The number of hydrogen-bond acceptors (Lipinski definition) is 8. The Morgan fingerprint density at radius 2 is 2.00 bits per heavy atom. The van der Waals surface area contributed by atoms with Crippen molar-refractivity contribution in [1.29, 1.82) is 0 Å². The van der Waals surface area contributed by atoms with Gasteiger partial charge >= 0.3 is 0 Å². The molecule has 0 aliphatic rings. The van der Waals surface area contributed by atoms with Crippen molar-refractivity contribution in [2.24, 2.45) is 0 Å². The molecular weight excluding hydrogens is 418 g/mol. The predicted octanol–water partition coefficient (Wildman–Crippen LogP) is 4.31. The number of nitrogens with zero attached hydrogens (tertiary/aromatic N) is 6. The summed E-state index contributed by atoms with van der Waals surface area (Å²) in [7, 11) is 0. The first-order valence-electron chi connectivity index (χ1n) is 10.1. The Morgan fingerprint density at radius 3 is 2.77 bits per heavy atom. The average Bonchev–Trinajstić information content (AvgIpc) is 3.33. The summed E-state index contributed by atoms with van der Waals surface area (Å²) in [6.07, 6.45) is 2.50. The second kappa shape index (κ2) is 9.05. The lowest BCUT2D eigenvalue weighted by atomic mass is 10.2. The molecule has 0 saturated carbocycles. The maximum absolute atomic E-state index is 12.8. The van der Waals surface area contributed by atoms with Crippen LogP contribution in [-0.2, 0) is 17.8 Å². The summed E-state index contributed by atoms with van der Waals surface area (Å²) in [5, 5.41) is 22.4. The molecule has 30 heavy (non-hydrogen) atoms. The third kappa shape index (κ3) is 4.01. The predicted molar refractivity (Wildman–Crippen MR) is 121 cm³/mol. The highest BCUT2D eigenvalue weighted by molar-refractivity contribution is 8.00. The Kier molecular flexibility index (Phi) is 6.24. The molecule has 8 nitrogen and oxygen atoms in total. The van der Waals surface area contributed by atoms with Crippen LogP contribution in [0.25, 0.3) is 22.1 Å². The average molecular weight is 442 g/mol. The molecule has 0 radical (unpaired) electrons. The van der Waals surface area contributed by atoms with E-state index in [0.717, 1.165) is 46.5 Å². The summed E-state index contributed by atoms with van der Waals surface area (Å²) in [5.41, 5.74) is 2.66. The largest absolute Gasteiger partial charge is 0.324 e. The zero-order valence-electron chi connectivity index (χ0n) is 17.1. The van der Waals surface area contributed by atoms with Crippen LogP contribution in [0, 0.1) is 0 Å². The van der Waals surface area contributed by atoms with E-state index in [-0.39, 0.29) is 11.2 Å². The van der Waals surface area contributed by atoms with Crippen LogP contribution in [-0.4, -0.2) is 41.1 Å². The van der Waals surface area contributed by atoms with Crippen molar-refractivity contribution < 1.29 is 4.79 Å². The second-order valence-corrected chi connectivity index (χ2v) is 9.01. The van der Waals surface area contributed by atoms with Gasteiger partial charge in [0, 0.05) is 18.4 Å². The highest BCUT2D eigenvalue weighted by Crippen LogP contribution is 2.29. The number of aryl methyl sites for hydroxylation is 2. The van der Waals surface area contributed by atoms with Crippen molar-refractivity contribution in [2.75, 3.05) is 5.32 Å². The first kappa shape index (κ1) is 20.7. The van der Waals surface area contributed by atoms with Crippen LogP contribution < -0.4 is 5.32 Å². The maximum atomic E-state index is 12.8. The van der Waals surface area contributed by atoms with Crippen LogP contribution in [0.5, 0.6) is 0 Å². The topological polar surface area (TPSA) is 98.5 Å². The highest BCUT2D eigenvalue weighted by atomic mass is 32.2. The molecule has 1 atom stereocenters. The normalized spacial score (nSPS) is 12.5. The molecule has 0 bridgehead atoms. The van der Waals surface area contributed by atoms with Crippen molar-refractivity contribution in [1.82, 2.24) is 29.9 Å². The third-order valence-corrected chi connectivity index (χ3v) is 6.86. The van der Waals surface area contributed by atoms with Crippen LogP contribution in [0.2, 0.25) is 0 Å². The molecule has 0 aliphatic heterocycles. The van der Waals surface area contributed by atoms with Crippen LogP contribution >= 0.6 is 23.1 Å². The van der Waals surface area contributed by atoms with Crippen LogP contribution in [0.1, 0.15) is 38.6 Å². The summed E-state index contributed by atoms with van der Waals surface area (Å²) in [6, 6.07) is 8.09. The molecular formula is C20H23N7OS2. The number of anilines is 1. The zero-order chi connectivity index (χ0) is 21.1. The zero-order valence-corrected chi connectivity index (χ0v) is 18.8. The highest BCUT2D eigenvalue weighted by Gasteiger charge is 2.22. The minimum atomic E-state index is -0.345. The van der Waals surface area contributed by atoms with Gasteiger partial charge in [0.1, 0.15) is 10.5 Å². The molecule has 0 unspecified atom stereocenters. The molecule has 3 heterocycles. The van der Waals surface area contributed by atoms with Gasteiger partial charge in [-0.1, -0.05) is 55.1 Å². The maximum Gasteiger partial charge on any atom is 0.239 e. The van der Waals surface area contributed by atoms with E-state index in [2.05, 4.69) is 50.2 Å². The smallest absolute Gasteiger partial charge is 0.239 e. The van der Waals surface area contributed by atoms with Gasteiger partial charge in [0.2, 0.25) is 16.2 Å². The van der Waals surface area contributed by atoms with Gasteiger partial charge in [-0.05, 0) is 25.8 Å². The Bertz CT molecular complexity index is 1190. The number of fused-ring (bicyclic) bond motifs is 3. The molecule has 10 heteroatoms. The summed E-state index contributed by atoms with van der Waals surface area (Å²) in [5.74, 6) is -0.124. The van der Waals surface area contributed by atoms with E-state index in [0.29, 0.717) is 16.7 Å². The van der Waals surface area contributed by atoms with Crippen LogP contribution in [0.3, 0.4) is 0 Å². The Balaban J connectivity index is 1.56. The van der Waals surface area contributed by atoms with Gasteiger partial charge in [0.15, 0.2) is 5.65 Å². The van der Waals surface area contributed by atoms with E-state index < -0.39 is 0 Å². The molecule has 1 amide bonds. The number of para-hydroxylation sites is 1. The molecule has 3 aromatic heterocycles. The molecule has 4 rings (SSSR count). The number of amides is 1. The summed E-state index contributed by atoms with van der Waals surface area (Å²) in [4.78, 5) is 17.5. The summed E-state index contributed by atoms with van der Waals surface area (Å²) in [6.45, 7) is 6.92. The van der Waals surface area contributed by atoms with Gasteiger partial charge in [-0.3, -0.25) is 10.1 Å². The number of aromatic nitrogens is 6. The van der Waals surface area contributed by atoms with E-state index in [1.165, 1.54) is 23.1 Å². The minimum Gasteiger partial charge on any atom is -0.324 e. The van der Waals surface area contributed by atoms with Crippen molar-refractivity contribution in [3.63, 3.8) is 0 Å². The van der Waals surface area contributed by atoms with E-state index in [4.69, 9.17) is 4.98 Å². The molecule has 0 saturated heterocycles. The fraction of sp³-hybridized carbons (Fsp3) is 0.400. The lowest BCUT2D eigenvalue weighted by Crippen LogP contribution is -2.24. The number of thioether (sulfide) groups is 1. The fourth-order valence-electron chi connectivity index (χ4n) is 3.31. The fourth-order valence-corrected chi connectivity index (χ4v) is 4.97. The minimum absolute atomic E-state index is 0.124. The Hall–Kier alpha value is -2.59.